The van der Waals surface area contributed by atoms with E-state index in [0.29, 0.717) is 24.2 Å². The number of hydrogen-bond donors (Lipinski definition) is 0. The van der Waals surface area contributed by atoms with Crippen molar-refractivity contribution in [1.29, 1.82) is 0 Å². The monoisotopic (exact) mass is 457 g/mol. The van der Waals surface area contributed by atoms with Gasteiger partial charge in [-0.25, -0.2) is 0 Å². The zero-order chi connectivity index (χ0) is 22.5. The van der Waals surface area contributed by atoms with E-state index in [0.717, 1.165) is 31.1 Å². The van der Waals surface area contributed by atoms with Crippen molar-refractivity contribution < 1.29 is 9.59 Å². The molecule has 6 rings (SSSR count). The molecule has 3 aliphatic rings. The Hall–Kier alpha value is -3.15. The minimum Gasteiger partial charge on any atom is -0.362 e. The first-order valence-corrected chi connectivity index (χ1v) is 11.8. The van der Waals surface area contributed by atoms with Crippen LogP contribution in [0.4, 0.5) is 5.69 Å². The standard InChI is InChI=1S/C27H24ClN3O2/c28-20-9-10-24-19(16-20)15-18-5-1-2-6-21(18)25-17-29(11-13-30(24)25)12-14-31-26(32)22-7-3-4-8-23(22)27(31)33/h1-10,16,25H,11-15,17H2/t25-/m1/s1. The van der Waals surface area contributed by atoms with Crippen molar-refractivity contribution in [2.24, 2.45) is 0 Å². The fourth-order valence-electron chi connectivity index (χ4n) is 5.48. The summed E-state index contributed by atoms with van der Waals surface area (Å²) in [6.07, 6.45) is 0.869. The number of anilines is 1. The van der Waals surface area contributed by atoms with Crippen LogP contribution in [0.2, 0.25) is 5.02 Å². The van der Waals surface area contributed by atoms with E-state index < -0.39 is 0 Å². The Kier molecular flexibility index (Phi) is 4.97. The topological polar surface area (TPSA) is 43.9 Å². The first-order valence-electron chi connectivity index (χ1n) is 11.4. The van der Waals surface area contributed by atoms with E-state index in [4.69, 9.17) is 11.6 Å². The van der Waals surface area contributed by atoms with E-state index in [1.54, 1.807) is 24.3 Å². The van der Waals surface area contributed by atoms with Gasteiger partial charge in [0.1, 0.15) is 0 Å². The lowest BCUT2D eigenvalue weighted by Gasteiger charge is -2.43. The number of amides is 2. The smallest absolute Gasteiger partial charge is 0.261 e. The zero-order valence-corrected chi connectivity index (χ0v) is 19.0. The molecule has 0 aromatic heterocycles. The quantitative estimate of drug-likeness (QED) is 0.547. The minimum absolute atomic E-state index is 0.181. The van der Waals surface area contributed by atoms with E-state index in [1.807, 2.05) is 6.07 Å². The third kappa shape index (κ3) is 3.43. The van der Waals surface area contributed by atoms with Crippen LogP contribution in [0, 0.1) is 0 Å². The molecule has 1 saturated heterocycles. The van der Waals surface area contributed by atoms with Gasteiger partial charge in [0.2, 0.25) is 0 Å². The van der Waals surface area contributed by atoms with E-state index >= 15 is 0 Å². The highest BCUT2D eigenvalue weighted by molar-refractivity contribution is 6.30. The van der Waals surface area contributed by atoms with E-state index in [1.165, 1.54) is 27.3 Å². The lowest BCUT2D eigenvalue weighted by molar-refractivity contribution is 0.0631. The Morgan fingerprint density at radius 3 is 2.33 bits per heavy atom. The van der Waals surface area contributed by atoms with Crippen LogP contribution in [0.25, 0.3) is 0 Å². The molecule has 0 saturated carbocycles. The van der Waals surface area contributed by atoms with E-state index in [2.05, 4.69) is 46.2 Å². The molecule has 3 aromatic carbocycles. The molecule has 0 unspecified atom stereocenters. The molecule has 1 atom stereocenters. The average Bonchev–Trinajstić information content (AvgIpc) is 2.99. The molecule has 0 radical (unpaired) electrons. The lowest BCUT2D eigenvalue weighted by atomic mass is 9.96. The average molecular weight is 458 g/mol. The van der Waals surface area contributed by atoms with Gasteiger partial charge in [-0.05, 0) is 53.4 Å². The molecule has 0 N–H and O–H groups in total. The maximum Gasteiger partial charge on any atom is 0.261 e. The number of carbonyl (C=O) groups excluding carboxylic acids is 2. The molecule has 166 valence electrons. The third-order valence-corrected chi connectivity index (χ3v) is 7.36. The molecule has 6 heteroatoms. The molecular formula is C27H24ClN3O2. The van der Waals surface area contributed by atoms with Crippen LogP contribution in [0.1, 0.15) is 43.4 Å². The highest BCUT2D eigenvalue weighted by atomic mass is 35.5. The second kappa shape index (κ2) is 8.01. The largest absolute Gasteiger partial charge is 0.362 e. The Balaban J connectivity index is 1.24. The van der Waals surface area contributed by atoms with Crippen LogP contribution in [-0.4, -0.2) is 54.3 Å². The van der Waals surface area contributed by atoms with Crippen LogP contribution in [0.5, 0.6) is 0 Å². The Morgan fingerprint density at radius 1 is 0.818 bits per heavy atom. The van der Waals surface area contributed by atoms with Gasteiger partial charge in [0.25, 0.3) is 11.8 Å². The third-order valence-electron chi connectivity index (χ3n) is 7.13. The van der Waals surface area contributed by atoms with Gasteiger partial charge >= 0.3 is 0 Å². The first kappa shape index (κ1) is 20.5. The SMILES string of the molecule is O=C1c2ccccc2C(=O)N1CCN1CCN2c3ccc(Cl)cc3Cc3ccccc3[C@H]2C1. The molecule has 1 fully saturated rings. The number of hydrogen-bond acceptors (Lipinski definition) is 4. The molecular weight excluding hydrogens is 434 g/mol. The Labute approximate surface area is 198 Å². The lowest BCUT2D eigenvalue weighted by Crippen LogP contribution is -2.50. The van der Waals surface area contributed by atoms with Crippen molar-refractivity contribution in [3.8, 4) is 0 Å². The van der Waals surface area contributed by atoms with Crippen molar-refractivity contribution >= 4 is 29.1 Å². The van der Waals surface area contributed by atoms with Crippen LogP contribution >= 0.6 is 11.6 Å². The Bertz CT molecular complexity index is 1240. The molecule has 0 bridgehead atoms. The van der Waals surface area contributed by atoms with Crippen molar-refractivity contribution in [2.75, 3.05) is 37.6 Å². The molecule has 0 spiro atoms. The fourth-order valence-corrected chi connectivity index (χ4v) is 5.68. The molecule has 2 amide bonds. The van der Waals surface area contributed by atoms with Crippen LogP contribution in [0.3, 0.4) is 0 Å². The van der Waals surface area contributed by atoms with E-state index in [-0.39, 0.29) is 17.9 Å². The summed E-state index contributed by atoms with van der Waals surface area (Å²) >= 11 is 6.33. The zero-order valence-electron chi connectivity index (χ0n) is 18.2. The van der Waals surface area contributed by atoms with Gasteiger partial charge in [-0.15, -0.1) is 0 Å². The van der Waals surface area contributed by atoms with Crippen molar-refractivity contribution in [2.45, 2.75) is 12.5 Å². The maximum atomic E-state index is 12.7. The normalized spacial score (nSPS) is 19.6. The van der Waals surface area contributed by atoms with Crippen LogP contribution in [-0.2, 0) is 6.42 Å². The van der Waals surface area contributed by atoms with Gasteiger partial charge in [0.05, 0.1) is 17.2 Å². The number of benzene rings is 3. The summed E-state index contributed by atoms with van der Waals surface area (Å²) in [5.74, 6) is -0.361. The first-order chi connectivity index (χ1) is 16.1. The van der Waals surface area contributed by atoms with Gasteiger partial charge in [0.15, 0.2) is 0 Å². The van der Waals surface area contributed by atoms with Crippen molar-refractivity contribution in [1.82, 2.24) is 9.80 Å². The second-order valence-corrected chi connectivity index (χ2v) is 9.40. The second-order valence-electron chi connectivity index (χ2n) is 8.97. The number of rotatable bonds is 3. The summed E-state index contributed by atoms with van der Waals surface area (Å²) in [4.78, 5) is 31.8. The van der Waals surface area contributed by atoms with Gasteiger partial charge in [-0.3, -0.25) is 19.4 Å². The van der Waals surface area contributed by atoms with Crippen LogP contribution in [0.15, 0.2) is 66.7 Å². The fraction of sp³-hybridized carbons (Fsp3) is 0.259. The number of carbonyl (C=O) groups is 2. The number of imide groups is 1. The summed E-state index contributed by atoms with van der Waals surface area (Å²) in [6, 6.07) is 22.2. The molecule has 3 aromatic rings. The predicted octanol–water partition coefficient (Wildman–Crippen LogP) is 4.40. The summed E-state index contributed by atoms with van der Waals surface area (Å²) in [7, 11) is 0. The molecule has 3 aliphatic heterocycles. The summed E-state index contributed by atoms with van der Waals surface area (Å²) in [6.45, 7) is 3.69. The number of piperazine rings is 1. The summed E-state index contributed by atoms with van der Waals surface area (Å²) in [5, 5.41) is 0.768. The highest BCUT2D eigenvalue weighted by Crippen LogP contribution is 2.40. The van der Waals surface area contributed by atoms with Crippen molar-refractivity contribution in [3.05, 3.63) is 99.6 Å². The van der Waals surface area contributed by atoms with E-state index in [9.17, 15) is 9.59 Å². The minimum atomic E-state index is -0.181. The number of fused-ring (bicyclic) bond motifs is 6. The van der Waals surface area contributed by atoms with Gasteiger partial charge in [-0.2, -0.15) is 0 Å². The van der Waals surface area contributed by atoms with Gasteiger partial charge in [0, 0.05) is 43.4 Å². The molecule has 0 aliphatic carbocycles. The molecule has 5 nitrogen and oxygen atoms in total. The molecule has 3 heterocycles. The Morgan fingerprint density at radius 2 is 1.55 bits per heavy atom. The number of halogens is 1. The van der Waals surface area contributed by atoms with Crippen molar-refractivity contribution in [3.63, 3.8) is 0 Å². The maximum absolute atomic E-state index is 12.7. The van der Waals surface area contributed by atoms with Gasteiger partial charge < -0.3 is 4.90 Å². The summed E-state index contributed by atoms with van der Waals surface area (Å²) in [5.41, 5.74) is 6.21. The molecule has 33 heavy (non-hydrogen) atoms. The highest BCUT2D eigenvalue weighted by Gasteiger charge is 2.37. The number of nitrogens with zero attached hydrogens (tertiary/aromatic N) is 3. The van der Waals surface area contributed by atoms with Crippen LogP contribution < -0.4 is 4.90 Å². The predicted molar refractivity (Wildman–Crippen MR) is 129 cm³/mol. The summed E-state index contributed by atoms with van der Waals surface area (Å²) < 4.78 is 0. The van der Waals surface area contributed by atoms with Gasteiger partial charge in [-0.1, -0.05) is 48.0 Å².